The summed E-state index contributed by atoms with van der Waals surface area (Å²) in [5, 5.41) is 4.43. The van der Waals surface area contributed by atoms with Crippen LogP contribution < -0.4 is 0 Å². The van der Waals surface area contributed by atoms with E-state index in [9.17, 15) is 0 Å². The molecule has 0 radical (unpaired) electrons. The normalized spacial score (nSPS) is 15.5. The van der Waals surface area contributed by atoms with Gasteiger partial charge in [-0.05, 0) is 26.8 Å². The van der Waals surface area contributed by atoms with Gasteiger partial charge in [0.2, 0.25) is 0 Å². The smallest absolute Gasteiger partial charge is 0.0951 e. The quantitative estimate of drug-likeness (QED) is 0.849. The van der Waals surface area contributed by atoms with Crippen molar-refractivity contribution in [2.75, 3.05) is 13.6 Å². The number of imidazole rings is 1. The van der Waals surface area contributed by atoms with Crippen LogP contribution in [0.2, 0.25) is 0 Å². The minimum Gasteiger partial charge on any atom is -0.329 e. The second-order valence-corrected chi connectivity index (χ2v) is 6.19. The molecule has 1 aliphatic rings. The van der Waals surface area contributed by atoms with Crippen LogP contribution >= 0.6 is 12.4 Å². The van der Waals surface area contributed by atoms with Gasteiger partial charge in [0.15, 0.2) is 0 Å². The maximum atomic E-state index is 4.43. The zero-order chi connectivity index (χ0) is 14.8. The number of halogens is 1. The molecule has 0 amide bonds. The molecule has 1 saturated carbocycles. The van der Waals surface area contributed by atoms with Gasteiger partial charge in [0.05, 0.1) is 23.9 Å². The Morgan fingerprint density at radius 1 is 1.32 bits per heavy atom. The Balaban J connectivity index is 0.00000176. The van der Waals surface area contributed by atoms with E-state index in [1.165, 1.54) is 36.9 Å². The van der Waals surface area contributed by atoms with Crippen molar-refractivity contribution in [1.29, 1.82) is 0 Å². The van der Waals surface area contributed by atoms with E-state index < -0.39 is 0 Å². The Hall–Kier alpha value is -1.33. The van der Waals surface area contributed by atoms with E-state index in [1.54, 1.807) is 0 Å². The molecular formula is C16H26ClN5. The Morgan fingerprint density at radius 3 is 2.68 bits per heavy atom. The van der Waals surface area contributed by atoms with Crippen molar-refractivity contribution < 1.29 is 0 Å². The van der Waals surface area contributed by atoms with Gasteiger partial charge in [-0.15, -0.1) is 12.4 Å². The van der Waals surface area contributed by atoms with Crippen molar-refractivity contribution in [1.82, 2.24) is 24.2 Å². The van der Waals surface area contributed by atoms with Gasteiger partial charge in [0.1, 0.15) is 0 Å². The standard InChI is InChI=1S/C16H25N5.ClH/c1-13-15(11-20(3)18-13)16-10-17-12-21(16)9-8-19(2)14-6-4-5-7-14;/h10-12,14H,4-9H2,1-3H3;1H. The minimum atomic E-state index is 0. The molecule has 0 N–H and O–H groups in total. The third-order valence-electron chi connectivity index (χ3n) is 4.64. The van der Waals surface area contributed by atoms with Crippen molar-refractivity contribution in [2.45, 2.75) is 45.2 Å². The fourth-order valence-electron chi connectivity index (χ4n) is 3.37. The molecule has 2 aromatic heterocycles. The summed E-state index contributed by atoms with van der Waals surface area (Å²) in [6.07, 6.45) is 11.4. The van der Waals surface area contributed by atoms with E-state index in [0.717, 1.165) is 24.8 Å². The number of likely N-dealkylation sites (N-methyl/N-ethyl adjacent to an activating group) is 1. The molecule has 0 saturated heterocycles. The molecule has 0 atom stereocenters. The molecule has 6 heteroatoms. The summed E-state index contributed by atoms with van der Waals surface area (Å²) in [4.78, 5) is 6.84. The van der Waals surface area contributed by atoms with Crippen LogP contribution in [0.4, 0.5) is 0 Å². The lowest BCUT2D eigenvalue weighted by atomic mass is 10.2. The Labute approximate surface area is 138 Å². The van der Waals surface area contributed by atoms with Gasteiger partial charge in [-0.3, -0.25) is 4.68 Å². The molecule has 22 heavy (non-hydrogen) atoms. The summed E-state index contributed by atoms with van der Waals surface area (Å²) in [6.45, 7) is 4.11. The third kappa shape index (κ3) is 3.52. The molecule has 5 nitrogen and oxygen atoms in total. The summed E-state index contributed by atoms with van der Waals surface area (Å²) in [5.74, 6) is 0. The number of aromatic nitrogens is 4. The highest BCUT2D eigenvalue weighted by Crippen LogP contribution is 2.24. The van der Waals surface area contributed by atoms with Gasteiger partial charge in [0.25, 0.3) is 0 Å². The van der Waals surface area contributed by atoms with Crippen molar-refractivity contribution in [3.63, 3.8) is 0 Å². The highest BCUT2D eigenvalue weighted by Gasteiger charge is 2.19. The number of hydrogen-bond donors (Lipinski definition) is 0. The highest BCUT2D eigenvalue weighted by molar-refractivity contribution is 5.85. The molecule has 0 bridgehead atoms. The molecule has 1 aliphatic carbocycles. The Kier molecular flexibility index (Phi) is 5.64. The van der Waals surface area contributed by atoms with Gasteiger partial charge >= 0.3 is 0 Å². The average molecular weight is 324 g/mol. The number of nitrogens with zero attached hydrogens (tertiary/aromatic N) is 5. The van der Waals surface area contributed by atoms with Crippen LogP contribution in [0.25, 0.3) is 11.3 Å². The molecule has 0 aliphatic heterocycles. The van der Waals surface area contributed by atoms with Crippen molar-refractivity contribution >= 4 is 12.4 Å². The van der Waals surface area contributed by atoms with E-state index in [-0.39, 0.29) is 12.4 Å². The topological polar surface area (TPSA) is 38.9 Å². The van der Waals surface area contributed by atoms with Crippen molar-refractivity contribution in [3.8, 4) is 11.3 Å². The maximum Gasteiger partial charge on any atom is 0.0951 e. The zero-order valence-electron chi connectivity index (χ0n) is 13.7. The summed E-state index contributed by atoms with van der Waals surface area (Å²) >= 11 is 0. The Bertz CT molecular complexity index is 597. The van der Waals surface area contributed by atoms with E-state index in [4.69, 9.17) is 0 Å². The fourth-order valence-corrected chi connectivity index (χ4v) is 3.37. The predicted octanol–water partition coefficient (Wildman–Crippen LogP) is 2.89. The lowest BCUT2D eigenvalue weighted by Crippen LogP contribution is -2.32. The summed E-state index contributed by atoms with van der Waals surface area (Å²) < 4.78 is 4.11. The van der Waals surface area contributed by atoms with Gasteiger partial charge in [-0.2, -0.15) is 5.10 Å². The van der Waals surface area contributed by atoms with Gasteiger partial charge in [0, 0.05) is 37.9 Å². The van der Waals surface area contributed by atoms with E-state index in [2.05, 4.69) is 39.7 Å². The molecule has 2 heterocycles. The van der Waals surface area contributed by atoms with Crippen LogP contribution in [0.1, 0.15) is 31.4 Å². The van der Waals surface area contributed by atoms with E-state index in [0.29, 0.717) is 0 Å². The number of hydrogen-bond acceptors (Lipinski definition) is 3. The van der Waals surface area contributed by atoms with Crippen LogP contribution in [0, 0.1) is 6.92 Å². The van der Waals surface area contributed by atoms with Crippen LogP contribution in [0.3, 0.4) is 0 Å². The van der Waals surface area contributed by atoms with Crippen molar-refractivity contribution in [3.05, 3.63) is 24.4 Å². The van der Waals surface area contributed by atoms with E-state index >= 15 is 0 Å². The van der Waals surface area contributed by atoms with Gasteiger partial charge < -0.3 is 9.47 Å². The molecule has 0 aromatic carbocycles. The van der Waals surface area contributed by atoms with Crippen LogP contribution in [-0.4, -0.2) is 43.9 Å². The van der Waals surface area contributed by atoms with Gasteiger partial charge in [-0.1, -0.05) is 12.8 Å². The first-order chi connectivity index (χ1) is 10.1. The minimum absolute atomic E-state index is 0. The van der Waals surface area contributed by atoms with Crippen LogP contribution in [0.5, 0.6) is 0 Å². The SMILES string of the molecule is Cc1nn(C)cc1-c1cncn1CCN(C)C1CCCC1.Cl. The first-order valence-electron chi connectivity index (χ1n) is 7.86. The van der Waals surface area contributed by atoms with Crippen LogP contribution in [-0.2, 0) is 13.6 Å². The molecule has 0 spiro atoms. The largest absolute Gasteiger partial charge is 0.329 e. The zero-order valence-corrected chi connectivity index (χ0v) is 14.5. The van der Waals surface area contributed by atoms with Gasteiger partial charge in [-0.25, -0.2) is 4.98 Å². The summed E-state index contributed by atoms with van der Waals surface area (Å²) in [6, 6.07) is 0.775. The monoisotopic (exact) mass is 323 g/mol. The Morgan fingerprint density at radius 2 is 2.05 bits per heavy atom. The second-order valence-electron chi connectivity index (χ2n) is 6.19. The first kappa shape index (κ1) is 17.0. The number of aryl methyl sites for hydroxylation is 2. The molecule has 0 unspecified atom stereocenters. The average Bonchev–Trinajstić information content (AvgIpc) is 3.16. The second kappa shape index (κ2) is 7.29. The fraction of sp³-hybridized carbons (Fsp3) is 0.625. The highest BCUT2D eigenvalue weighted by atomic mass is 35.5. The van der Waals surface area contributed by atoms with Crippen molar-refractivity contribution in [2.24, 2.45) is 7.05 Å². The summed E-state index contributed by atoms with van der Waals surface area (Å²) in [5.41, 5.74) is 3.40. The molecule has 122 valence electrons. The lowest BCUT2D eigenvalue weighted by molar-refractivity contribution is 0.237. The third-order valence-corrected chi connectivity index (χ3v) is 4.64. The maximum absolute atomic E-state index is 4.43. The predicted molar refractivity (Wildman–Crippen MR) is 91.3 cm³/mol. The molecule has 2 aromatic rings. The molecule has 1 fully saturated rings. The van der Waals surface area contributed by atoms with Crippen LogP contribution in [0.15, 0.2) is 18.7 Å². The van der Waals surface area contributed by atoms with E-state index in [1.807, 2.05) is 24.3 Å². The summed E-state index contributed by atoms with van der Waals surface area (Å²) in [7, 11) is 4.22. The number of rotatable bonds is 5. The molecular weight excluding hydrogens is 298 g/mol. The lowest BCUT2D eigenvalue weighted by Gasteiger charge is -2.24. The molecule has 3 rings (SSSR count). The first-order valence-corrected chi connectivity index (χ1v) is 7.86.